The van der Waals surface area contributed by atoms with Crippen LogP contribution in [0.5, 0.6) is 0 Å². The Bertz CT molecular complexity index is 164. The molecule has 0 heterocycles. The highest BCUT2D eigenvalue weighted by atomic mass is 16.3. The van der Waals surface area contributed by atoms with E-state index < -0.39 is 5.60 Å². The van der Waals surface area contributed by atoms with E-state index in [9.17, 15) is 9.90 Å². The van der Waals surface area contributed by atoms with Gasteiger partial charge < -0.3 is 15.7 Å². The molecule has 0 spiro atoms. The first kappa shape index (κ1) is 13.4. The van der Waals surface area contributed by atoms with Crippen molar-refractivity contribution in [2.24, 2.45) is 0 Å². The van der Waals surface area contributed by atoms with Gasteiger partial charge in [0.05, 0.1) is 5.60 Å². The van der Waals surface area contributed by atoms with Crippen LogP contribution in [0.3, 0.4) is 0 Å². The van der Waals surface area contributed by atoms with Gasteiger partial charge in [-0.3, -0.25) is 4.79 Å². The van der Waals surface area contributed by atoms with Gasteiger partial charge >= 0.3 is 0 Å². The van der Waals surface area contributed by atoms with Gasteiger partial charge in [0.25, 0.3) is 0 Å². The molecule has 0 radical (unpaired) electrons. The van der Waals surface area contributed by atoms with E-state index >= 15 is 0 Å². The lowest BCUT2D eigenvalue weighted by atomic mass is 10.1. The summed E-state index contributed by atoms with van der Waals surface area (Å²) in [6, 6.07) is 0. The molecule has 14 heavy (non-hydrogen) atoms. The molecule has 0 aliphatic rings. The predicted octanol–water partition coefficient (Wildman–Crippen LogP) is 0.263. The van der Waals surface area contributed by atoms with E-state index in [2.05, 4.69) is 10.6 Å². The van der Waals surface area contributed by atoms with E-state index in [-0.39, 0.29) is 5.91 Å². The third-order valence-corrected chi connectivity index (χ3v) is 1.82. The first-order valence-electron chi connectivity index (χ1n) is 5.15. The summed E-state index contributed by atoms with van der Waals surface area (Å²) >= 11 is 0. The van der Waals surface area contributed by atoms with Crippen LogP contribution in [-0.2, 0) is 4.79 Å². The van der Waals surface area contributed by atoms with Gasteiger partial charge in [0.1, 0.15) is 0 Å². The molecule has 0 saturated heterocycles. The highest BCUT2D eigenvalue weighted by molar-refractivity contribution is 5.75. The van der Waals surface area contributed by atoms with Crippen molar-refractivity contribution in [2.75, 3.05) is 19.6 Å². The minimum absolute atomic E-state index is 0.0725. The second-order valence-electron chi connectivity index (χ2n) is 4.02. The van der Waals surface area contributed by atoms with Crippen LogP contribution in [0.4, 0.5) is 0 Å². The van der Waals surface area contributed by atoms with Gasteiger partial charge in [0, 0.05) is 19.5 Å². The van der Waals surface area contributed by atoms with Gasteiger partial charge in [-0.15, -0.1) is 0 Å². The third-order valence-electron chi connectivity index (χ3n) is 1.82. The molecule has 84 valence electrons. The van der Waals surface area contributed by atoms with Crippen molar-refractivity contribution >= 4 is 5.91 Å². The Kier molecular flexibility index (Phi) is 6.49. The molecule has 0 aromatic carbocycles. The summed E-state index contributed by atoms with van der Waals surface area (Å²) in [6.45, 7) is 7.55. The molecule has 0 aromatic rings. The summed E-state index contributed by atoms with van der Waals surface area (Å²) in [4.78, 5) is 11.0. The summed E-state index contributed by atoms with van der Waals surface area (Å²) in [6.07, 6.45) is 1.20. The van der Waals surface area contributed by atoms with E-state index in [1.54, 1.807) is 13.8 Å². The first-order valence-corrected chi connectivity index (χ1v) is 5.15. The zero-order valence-corrected chi connectivity index (χ0v) is 9.39. The summed E-state index contributed by atoms with van der Waals surface area (Å²) in [5, 5.41) is 15.2. The van der Waals surface area contributed by atoms with Crippen molar-refractivity contribution in [1.82, 2.24) is 10.6 Å². The largest absolute Gasteiger partial charge is 0.390 e. The van der Waals surface area contributed by atoms with Crippen molar-refractivity contribution in [3.8, 4) is 0 Å². The Morgan fingerprint density at radius 3 is 2.50 bits per heavy atom. The van der Waals surface area contributed by atoms with Gasteiger partial charge in [0.15, 0.2) is 0 Å². The number of rotatable bonds is 7. The second-order valence-corrected chi connectivity index (χ2v) is 4.02. The molecule has 0 fully saturated rings. The Balaban J connectivity index is 3.26. The molecule has 1 amide bonds. The fourth-order valence-corrected chi connectivity index (χ4v) is 1.01. The van der Waals surface area contributed by atoms with Crippen molar-refractivity contribution < 1.29 is 9.90 Å². The summed E-state index contributed by atoms with van der Waals surface area (Å²) < 4.78 is 0. The SMILES string of the molecule is CCNC(=O)CCNCCC(C)(C)O. The molecule has 4 nitrogen and oxygen atoms in total. The molecule has 4 heteroatoms. The van der Waals surface area contributed by atoms with Crippen LogP contribution in [-0.4, -0.2) is 36.2 Å². The van der Waals surface area contributed by atoms with Crippen LogP contribution in [0.15, 0.2) is 0 Å². The molecule has 0 unspecified atom stereocenters. The molecule has 0 aliphatic heterocycles. The number of carbonyl (C=O) groups is 1. The van der Waals surface area contributed by atoms with Gasteiger partial charge in [-0.25, -0.2) is 0 Å². The number of amides is 1. The number of hydrogen-bond donors (Lipinski definition) is 3. The summed E-state index contributed by atoms with van der Waals surface area (Å²) in [5.74, 6) is 0.0725. The van der Waals surface area contributed by atoms with Crippen LogP contribution >= 0.6 is 0 Å². The van der Waals surface area contributed by atoms with E-state index in [0.29, 0.717) is 25.9 Å². The Morgan fingerprint density at radius 1 is 1.36 bits per heavy atom. The molecule has 0 aromatic heterocycles. The third kappa shape index (κ3) is 9.48. The molecule has 0 rings (SSSR count). The zero-order valence-electron chi connectivity index (χ0n) is 9.39. The summed E-state index contributed by atoms with van der Waals surface area (Å²) in [5.41, 5.74) is -0.626. The monoisotopic (exact) mass is 202 g/mol. The minimum atomic E-state index is -0.626. The van der Waals surface area contributed by atoms with Crippen molar-refractivity contribution in [1.29, 1.82) is 0 Å². The lowest BCUT2D eigenvalue weighted by Crippen LogP contribution is -2.30. The molecule has 3 N–H and O–H groups in total. The van der Waals surface area contributed by atoms with Gasteiger partial charge in [0.2, 0.25) is 5.91 Å². The standard InChI is InChI=1S/C10H22N2O2/c1-4-12-9(13)5-7-11-8-6-10(2,3)14/h11,14H,4-8H2,1-3H3,(H,12,13). The highest BCUT2D eigenvalue weighted by Gasteiger charge is 2.10. The van der Waals surface area contributed by atoms with Gasteiger partial charge in [-0.05, 0) is 33.7 Å². The normalized spacial score (nSPS) is 11.4. The number of aliphatic hydroxyl groups is 1. The molecule has 0 saturated carbocycles. The van der Waals surface area contributed by atoms with E-state index in [1.165, 1.54) is 0 Å². The highest BCUT2D eigenvalue weighted by Crippen LogP contribution is 2.04. The molecular weight excluding hydrogens is 180 g/mol. The predicted molar refractivity (Wildman–Crippen MR) is 57.1 cm³/mol. The minimum Gasteiger partial charge on any atom is -0.390 e. The molecule has 0 atom stereocenters. The fourth-order valence-electron chi connectivity index (χ4n) is 1.01. The Morgan fingerprint density at radius 2 is 2.00 bits per heavy atom. The molecular formula is C10H22N2O2. The Labute approximate surface area is 86.1 Å². The number of nitrogens with one attached hydrogen (secondary N) is 2. The van der Waals surface area contributed by atoms with E-state index in [4.69, 9.17) is 0 Å². The van der Waals surface area contributed by atoms with E-state index in [1.807, 2.05) is 6.92 Å². The first-order chi connectivity index (χ1) is 6.45. The quantitative estimate of drug-likeness (QED) is 0.519. The maximum atomic E-state index is 11.0. The number of hydrogen-bond acceptors (Lipinski definition) is 3. The van der Waals surface area contributed by atoms with Gasteiger partial charge in [-0.1, -0.05) is 0 Å². The molecule has 0 aliphatic carbocycles. The summed E-state index contributed by atoms with van der Waals surface area (Å²) in [7, 11) is 0. The van der Waals surface area contributed by atoms with Crippen molar-refractivity contribution in [3.63, 3.8) is 0 Å². The van der Waals surface area contributed by atoms with Crippen LogP contribution in [0, 0.1) is 0 Å². The van der Waals surface area contributed by atoms with Crippen molar-refractivity contribution in [3.05, 3.63) is 0 Å². The lowest BCUT2D eigenvalue weighted by molar-refractivity contribution is -0.120. The van der Waals surface area contributed by atoms with Gasteiger partial charge in [-0.2, -0.15) is 0 Å². The van der Waals surface area contributed by atoms with E-state index in [0.717, 1.165) is 6.54 Å². The van der Waals surface area contributed by atoms with Crippen LogP contribution in [0.25, 0.3) is 0 Å². The second kappa shape index (κ2) is 6.79. The lowest BCUT2D eigenvalue weighted by Gasteiger charge is -2.16. The van der Waals surface area contributed by atoms with Crippen LogP contribution in [0.2, 0.25) is 0 Å². The number of carbonyl (C=O) groups excluding carboxylic acids is 1. The smallest absolute Gasteiger partial charge is 0.221 e. The molecule has 0 bridgehead atoms. The fraction of sp³-hybridized carbons (Fsp3) is 0.900. The topological polar surface area (TPSA) is 61.4 Å². The maximum absolute atomic E-state index is 11.0. The average molecular weight is 202 g/mol. The van der Waals surface area contributed by atoms with Crippen LogP contribution < -0.4 is 10.6 Å². The zero-order chi connectivity index (χ0) is 11.0. The maximum Gasteiger partial charge on any atom is 0.221 e. The Hall–Kier alpha value is -0.610. The van der Waals surface area contributed by atoms with Crippen molar-refractivity contribution in [2.45, 2.75) is 39.2 Å². The average Bonchev–Trinajstić information content (AvgIpc) is 2.02. The van der Waals surface area contributed by atoms with Crippen LogP contribution in [0.1, 0.15) is 33.6 Å².